The molecule has 0 saturated carbocycles. The predicted molar refractivity (Wildman–Crippen MR) is 98.2 cm³/mol. The highest BCUT2D eigenvalue weighted by atomic mass is 15.1. The molecule has 1 aromatic carbocycles. The molecule has 1 fully saturated rings. The molecule has 5 nitrogen and oxygen atoms in total. The van der Waals surface area contributed by atoms with Crippen LogP contribution in [0.15, 0.2) is 36.5 Å². The van der Waals surface area contributed by atoms with Crippen LogP contribution in [0.25, 0.3) is 11.0 Å². The number of piperidine rings is 1. The zero-order valence-corrected chi connectivity index (χ0v) is 14.6. The van der Waals surface area contributed by atoms with Gasteiger partial charge in [-0.3, -0.25) is 4.90 Å². The fourth-order valence-electron chi connectivity index (χ4n) is 3.86. The zero-order chi connectivity index (χ0) is 17.2. The summed E-state index contributed by atoms with van der Waals surface area (Å²) in [5.74, 6) is 1.56. The van der Waals surface area contributed by atoms with Crippen molar-refractivity contribution >= 4 is 11.0 Å². The number of aromatic nitrogens is 3. The summed E-state index contributed by atoms with van der Waals surface area (Å²) in [4.78, 5) is 10.8. The first-order valence-corrected chi connectivity index (χ1v) is 9.03. The molecular formula is C20H23N5. The number of hydrogen-bond acceptors (Lipinski definition) is 3. The smallest absolute Gasteiger partial charge is 0.120 e. The van der Waals surface area contributed by atoms with Gasteiger partial charge in [0.2, 0.25) is 0 Å². The molecule has 2 aromatic heterocycles. The first-order valence-electron chi connectivity index (χ1n) is 9.03. The Bertz CT molecular complexity index is 881. The average Bonchev–Trinajstić information content (AvgIpc) is 3.25. The summed E-state index contributed by atoms with van der Waals surface area (Å²) in [6.45, 7) is 5.93. The van der Waals surface area contributed by atoms with Gasteiger partial charge in [-0.2, -0.15) is 5.26 Å². The summed E-state index contributed by atoms with van der Waals surface area (Å²) in [7, 11) is 0. The van der Waals surface area contributed by atoms with Gasteiger partial charge in [-0.05, 0) is 50.1 Å². The van der Waals surface area contributed by atoms with Crippen molar-refractivity contribution in [3.05, 3.63) is 53.6 Å². The Morgan fingerprint density at radius 2 is 2.24 bits per heavy atom. The summed E-state index contributed by atoms with van der Waals surface area (Å²) >= 11 is 0. The molecule has 0 radical (unpaired) electrons. The van der Waals surface area contributed by atoms with Crippen molar-refractivity contribution < 1.29 is 0 Å². The molecule has 5 heteroatoms. The first kappa shape index (κ1) is 15.9. The van der Waals surface area contributed by atoms with Gasteiger partial charge in [0, 0.05) is 31.7 Å². The van der Waals surface area contributed by atoms with Crippen LogP contribution < -0.4 is 0 Å². The van der Waals surface area contributed by atoms with Crippen molar-refractivity contribution in [3.63, 3.8) is 0 Å². The lowest BCUT2D eigenvalue weighted by Gasteiger charge is -2.31. The molecule has 25 heavy (non-hydrogen) atoms. The number of H-pyrrole nitrogens is 1. The normalized spacial score (nSPS) is 18.5. The van der Waals surface area contributed by atoms with Crippen LogP contribution in [0.4, 0.5) is 0 Å². The van der Waals surface area contributed by atoms with Gasteiger partial charge < -0.3 is 9.55 Å². The van der Waals surface area contributed by atoms with Crippen LogP contribution in [0.1, 0.15) is 42.8 Å². The van der Waals surface area contributed by atoms with Gasteiger partial charge in [-0.15, -0.1) is 0 Å². The van der Waals surface area contributed by atoms with E-state index >= 15 is 0 Å². The van der Waals surface area contributed by atoms with Crippen LogP contribution in [0, 0.1) is 11.3 Å². The number of rotatable bonds is 4. The van der Waals surface area contributed by atoms with Crippen molar-refractivity contribution in [2.75, 3.05) is 13.1 Å². The molecule has 0 amide bonds. The first-order chi connectivity index (χ1) is 12.3. The number of imidazole rings is 1. The van der Waals surface area contributed by atoms with E-state index in [0.717, 1.165) is 48.7 Å². The van der Waals surface area contributed by atoms with Gasteiger partial charge in [0.25, 0.3) is 0 Å². The highest BCUT2D eigenvalue weighted by Gasteiger charge is 2.24. The third-order valence-electron chi connectivity index (χ3n) is 5.11. The van der Waals surface area contributed by atoms with E-state index in [2.05, 4.69) is 41.2 Å². The minimum Gasteiger partial charge on any atom is -0.342 e. The molecule has 1 aliphatic heterocycles. The Labute approximate surface area is 147 Å². The van der Waals surface area contributed by atoms with Gasteiger partial charge in [-0.25, -0.2) is 4.98 Å². The topological polar surface area (TPSA) is 60.6 Å². The maximum absolute atomic E-state index is 9.23. The molecule has 4 rings (SSSR count). The van der Waals surface area contributed by atoms with Crippen LogP contribution in [0.5, 0.6) is 0 Å². The molecule has 0 unspecified atom stereocenters. The van der Waals surface area contributed by atoms with Crippen LogP contribution in [-0.2, 0) is 13.1 Å². The summed E-state index contributed by atoms with van der Waals surface area (Å²) in [5.41, 5.74) is 4.15. The molecular weight excluding hydrogens is 310 g/mol. The van der Waals surface area contributed by atoms with Crippen molar-refractivity contribution in [2.24, 2.45) is 0 Å². The van der Waals surface area contributed by atoms with Gasteiger partial charge in [0.15, 0.2) is 0 Å². The third-order valence-corrected chi connectivity index (χ3v) is 5.11. The second-order valence-electron chi connectivity index (χ2n) is 6.84. The maximum atomic E-state index is 9.23. The van der Waals surface area contributed by atoms with Crippen LogP contribution >= 0.6 is 0 Å². The van der Waals surface area contributed by atoms with Crippen LogP contribution in [-0.4, -0.2) is 32.5 Å². The summed E-state index contributed by atoms with van der Waals surface area (Å²) < 4.78 is 2.02. The van der Waals surface area contributed by atoms with E-state index in [1.807, 2.05) is 22.8 Å². The number of para-hydroxylation sites is 2. The highest BCUT2D eigenvalue weighted by molar-refractivity contribution is 5.74. The van der Waals surface area contributed by atoms with Crippen molar-refractivity contribution in [1.82, 2.24) is 19.4 Å². The lowest BCUT2D eigenvalue weighted by atomic mass is 9.97. The van der Waals surface area contributed by atoms with Crippen molar-refractivity contribution in [1.29, 1.82) is 5.26 Å². The van der Waals surface area contributed by atoms with Crippen LogP contribution in [0.2, 0.25) is 0 Å². The molecule has 0 aliphatic carbocycles. The lowest BCUT2D eigenvalue weighted by molar-refractivity contribution is 0.197. The number of nitrogens with one attached hydrogen (secondary N) is 1. The zero-order valence-electron chi connectivity index (χ0n) is 14.6. The van der Waals surface area contributed by atoms with Gasteiger partial charge in [0.1, 0.15) is 17.6 Å². The Balaban J connectivity index is 1.49. The van der Waals surface area contributed by atoms with E-state index in [-0.39, 0.29) is 0 Å². The number of nitriles is 1. The molecule has 3 heterocycles. The average molecular weight is 333 g/mol. The number of aryl methyl sites for hydroxylation is 1. The summed E-state index contributed by atoms with van der Waals surface area (Å²) in [6, 6.07) is 12.5. The number of aromatic amines is 1. The van der Waals surface area contributed by atoms with Gasteiger partial charge in [-0.1, -0.05) is 12.1 Å². The molecule has 1 aliphatic rings. The standard InChI is InChI=1S/C20H23N5/c1-2-25-13-15(10-17(25)11-21)12-24-9-5-6-16(14-24)20-22-18-7-3-4-8-19(18)23-20/h3-4,7-8,10,13,16H,2,5-6,9,12,14H2,1H3,(H,22,23)/t16-/m0/s1. The molecule has 0 bridgehead atoms. The fourth-order valence-corrected chi connectivity index (χ4v) is 3.86. The second kappa shape index (κ2) is 6.73. The number of fused-ring (bicyclic) bond motifs is 1. The van der Waals surface area contributed by atoms with Crippen LogP contribution in [0.3, 0.4) is 0 Å². The number of nitrogens with zero attached hydrogens (tertiary/aromatic N) is 4. The minimum atomic E-state index is 0.449. The lowest BCUT2D eigenvalue weighted by Crippen LogP contribution is -2.34. The second-order valence-corrected chi connectivity index (χ2v) is 6.84. The van der Waals surface area contributed by atoms with E-state index in [4.69, 9.17) is 4.98 Å². The Hall–Kier alpha value is -2.58. The minimum absolute atomic E-state index is 0.449. The summed E-state index contributed by atoms with van der Waals surface area (Å²) in [5, 5.41) is 9.23. The third kappa shape index (κ3) is 3.18. The van der Waals surface area contributed by atoms with E-state index < -0.39 is 0 Å². The number of likely N-dealkylation sites (tertiary alicyclic amines) is 1. The Morgan fingerprint density at radius 1 is 1.36 bits per heavy atom. The summed E-state index contributed by atoms with van der Waals surface area (Å²) in [6.07, 6.45) is 4.47. The van der Waals surface area contributed by atoms with E-state index in [9.17, 15) is 5.26 Å². The molecule has 0 spiro atoms. The van der Waals surface area contributed by atoms with E-state index in [0.29, 0.717) is 5.92 Å². The maximum Gasteiger partial charge on any atom is 0.120 e. The fraction of sp³-hybridized carbons (Fsp3) is 0.400. The SMILES string of the molecule is CCn1cc(CN2CCC[C@H](c3nc4ccccc4[nH]3)C2)cc1C#N. The molecule has 1 atom stereocenters. The quantitative estimate of drug-likeness (QED) is 0.793. The Kier molecular flexibility index (Phi) is 4.29. The largest absolute Gasteiger partial charge is 0.342 e. The Morgan fingerprint density at radius 3 is 3.00 bits per heavy atom. The van der Waals surface area contributed by atoms with Crippen molar-refractivity contribution in [3.8, 4) is 6.07 Å². The monoisotopic (exact) mass is 333 g/mol. The van der Waals surface area contributed by atoms with Gasteiger partial charge >= 0.3 is 0 Å². The van der Waals surface area contributed by atoms with Crippen molar-refractivity contribution in [2.45, 2.75) is 38.8 Å². The predicted octanol–water partition coefficient (Wildman–Crippen LogP) is 3.64. The molecule has 128 valence electrons. The number of benzene rings is 1. The highest BCUT2D eigenvalue weighted by Crippen LogP contribution is 2.27. The molecule has 1 N–H and O–H groups in total. The van der Waals surface area contributed by atoms with Gasteiger partial charge in [0.05, 0.1) is 11.0 Å². The number of hydrogen-bond donors (Lipinski definition) is 1. The van der Waals surface area contributed by atoms with E-state index in [1.54, 1.807) is 0 Å². The van der Waals surface area contributed by atoms with E-state index in [1.165, 1.54) is 18.4 Å². The molecule has 1 saturated heterocycles. The molecule has 3 aromatic rings.